The van der Waals surface area contributed by atoms with Gasteiger partial charge in [0.15, 0.2) is 11.4 Å². The summed E-state index contributed by atoms with van der Waals surface area (Å²) < 4.78 is 2.34. The quantitative estimate of drug-likeness (QED) is 0.349. The average molecular weight is 491 g/mol. The highest BCUT2D eigenvalue weighted by molar-refractivity contribution is 5.94. The number of carbonyl (C=O) groups excluding carboxylic acids is 1. The third-order valence-electron chi connectivity index (χ3n) is 7.14. The Morgan fingerprint density at radius 1 is 0.917 bits per heavy atom. The van der Waals surface area contributed by atoms with Gasteiger partial charge in [-0.15, -0.1) is 0 Å². The van der Waals surface area contributed by atoms with Crippen LogP contribution in [0.15, 0.2) is 36.4 Å². The zero-order chi connectivity index (χ0) is 25.5. The second-order valence-corrected chi connectivity index (χ2v) is 10.1. The number of carbonyl (C=O) groups is 1. The van der Waals surface area contributed by atoms with E-state index in [0.29, 0.717) is 0 Å². The molecule has 3 aromatic rings. The highest BCUT2D eigenvalue weighted by atomic mass is 16.1. The number of fused-ring (bicyclic) bond motifs is 1. The zero-order valence-electron chi connectivity index (χ0n) is 22.5. The molecule has 1 aromatic carbocycles. The summed E-state index contributed by atoms with van der Waals surface area (Å²) >= 11 is 0. The van der Waals surface area contributed by atoms with Crippen LogP contribution < -0.4 is 4.90 Å². The summed E-state index contributed by atoms with van der Waals surface area (Å²) in [5.41, 5.74) is 3.85. The number of nitrogens with zero attached hydrogens (tertiary/aromatic N) is 6. The number of piperazine rings is 1. The third kappa shape index (κ3) is 6.51. The Hall–Kier alpha value is -2.77. The maximum atomic E-state index is 11.7. The minimum Gasteiger partial charge on any atom is -0.357 e. The maximum absolute atomic E-state index is 11.7. The van der Waals surface area contributed by atoms with E-state index < -0.39 is 0 Å². The Morgan fingerprint density at radius 3 is 2.25 bits per heavy atom. The van der Waals surface area contributed by atoms with Crippen LogP contribution in [0.2, 0.25) is 0 Å². The van der Waals surface area contributed by atoms with Gasteiger partial charge in [0.05, 0.1) is 0 Å². The number of Topliss-reactive ketones (excluding diaryl/α,β-unsaturated/α-hetero) is 1. The lowest BCUT2D eigenvalue weighted by Crippen LogP contribution is -2.44. The molecule has 0 atom stereocenters. The average Bonchev–Trinajstić information content (AvgIpc) is 3.21. The van der Waals surface area contributed by atoms with Gasteiger partial charge in [-0.05, 0) is 57.5 Å². The van der Waals surface area contributed by atoms with Crippen LogP contribution in [-0.2, 0) is 13.0 Å². The SMILES string of the molecule is CCCN(CCC)c1ccc2nc(Cc3ccc(C(C)=O)cc3)n(CCCN3CCN(C)CC3)c2n1. The van der Waals surface area contributed by atoms with Crippen molar-refractivity contribution in [2.75, 3.05) is 57.8 Å². The third-order valence-corrected chi connectivity index (χ3v) is 7.14. The van der Waals surface area contributed by atoms with E-state index in [1.54, 1.807) is 6.92 Å². The molecule has 7 nitrogen and oxygen atoms in total. The number of aromatic nitrogens is 3. The van der Waals surface area contributed by atoms with Gasteiger partial charge in [-0.3, -0.25) is 4.79 Å². The number of benzene rings is 1. The largest absolute Gasteiger partial charge is 0.357 e. The molecule has 0 N–H and O–H groups in total. The fourth-order valence-corrected chi connectivity index (χ4v) is 5.03. The van der Waals surface area contributed by atoms with Gasteiger partial charge in [-0.1, -0.05) is 38.1 Å². The van der Waals surface area contributed by atoms with E-state index in [1.807, 2.05) is 24.3 Å². The van der Waals surface area contributed by atoms with Gasteiger partial charge in [0.1, 0.15) is 17.2 Å². The predicted molar refractivity (Wildman–Crippen MR) is 148 cm³/mol. The molecule has 0 amide bonds. The summed E-state index contributed by atoms with van der Waals surface area (Å²) in [4.78, 5) is 29.2. The normalized spacial score (nSPS) is 15.0. The van der Waals surface area contributed by atoms with Crippen LogP contribution in [0.25, 0.3) is 11.2 Å². The first kappa shape index (κ1) is 26.3. The summed E-state index contributed by atoms with van der Waals surface area (Å²) in [7, 11) is 2.20. The van der Waals surface area contributed by atoms with Crippen molar-refractivity contribution in [1.82, 2.24) is 24.3 Å². The van der Waals surface area contributed by atoms with Crippen molar-refractivity contribution in [2.24, 2.45) is 0 Å². The van der Waals surface area contributed by atoms with E-state index in [9.17, 15) is 4.79 Å². The molecular formula is C29H42N6O. The highest BCUT2D eigenvalue weighted by Crippen LogP contribution is 2.22. The van der Waals surface area contributed by atoms with Crippen LogP contribution in [0.4, 0.5) is 5.82 Å². The molecule has 7 heteroatoms. The second kappa shape index (κ2) is 12.5. The summed E-state index contributed by atoms with van der Waals surface area (Å²) in [6, 6.07) is 12.2. The van der Waals surface area contributed by atoms with Gasteiger partial charge in [0.2, 0.25) is 0 Å². The topological polar surface area (TPSA) is 57.5 Å². The smallest absolute Gasteiger partial charge is 0.162 e. The maximum Gasteiger partial charge on any atom is 0.162 e. The standard InChI is InChI=1S/C29H42N6O/c1-5-14-34(15-6-2)27-13-12-26-29(31-27)35(17-7-16-33-20-18-32(4)19-21-33)28(30-26)22-24-8-10-25(11-9-24)23(3)36/h8-13H,5-7,14-22H2,1-4H3. The summed E-state index contributed by atoms with van der Waals surface area (Å²) in [5, 5.41) is 0. The number of hydrogen-bond donors (Lipinski definition) is 0. The Kier molecular flexibility index (Phi) is 9.10. The van der Waals surface area contributed by atoms with E-state index in [2.05, 4.69) is 52.3 Å². The molecule has 0 radical (unpaired) electrons. The molecule has 36 heavy (non-hydrogen) atoms. The second-order valence-electron chi connectivity index (χ2n) is 10.1. The van der Waals surface area contributed by atoms with Gasteiger partial charge in [0.25, 0.3) is 0 Å². The summed E-state index contributed by atoms with van der Waals surface area (Å²) in [5.74, 6) is 2.18. The molecule has 1 saturated heterocycles. The van der Waals surface area contributed by atoms with Crippen LogP contribution in [0.5, 0.6) is 0 Å². The van der Waals surface area contributed by atoms with Crippen LogP contribution in [0.1, 0.15) is 61.8 Å². The van der Waals surface area contributed by atoms with Crippen molar-refractivity contribution >= 4 is 22.8 Å². The summed E-state index contributed by atoms with van der Waals surface area (Å²) in [6.45, 7) is 14.6. The Bertz CT molecular complexity index is 1120. The fourth-order valence-electron chi connectivity index (χ4n) is 5.03. The predicted octanol–water partition coefficient (Wildman–Crippen LogP) is 4.49. The number of anilines is 1. The molecule has 1 aliphatic heterocycles. The van der Waals surface area contributed by atoms with E-state index in [1.165, 1.54) is 0 Å². The highest BCUT2D eigenvalue weighted by Gasteiger charge is 2.17. The van der Waals surface area contributed by atoms with E-state index in [0.717, 1.165) is 112 Å². The molecule has 0 aliphatic carbocycles. The first-order valence-electron chi connectivity index (χ1n) is 13.6. The Labute approximate surface area is 216 Å². The molecular weight excluding hydrogens is 448 g/mol. The first-order valence-corrected chi connectivity index (χ1v) is 13.6. The van der Waals surface area contributed by atoms with Crippen LogP contribution >= 0.6 is 0 Å². The Morgan fingerprint density at radius 2 is 1.61 bits per heavy atom. The lowest BCUT2D eigenvalue weighted by molar-refractivity contribution is 0.101. The van der Waals surface area contributed by atoms with Crippen LogP contribution in [-0.4, -0.2) is 83.0 Å². The van der Waals surface area contributed by atoms with Gasteiger partial charge in [-0.2, -0.15) is 0 Å². The molecule has 1 aliphatic rings. The van der Waals surface area contributed by atoms with Crippen molar-refractivity contribution in [2.45, 2.75) is 53.0 Å². The monoisotopic (exact) mass is 490 g/mol. The lowest BCUT2D eigenvalue weighted by Gasteiger charge is -2.32. The minimum absolute atomic E-state index is 0.0955. The Balaban J connectivity index is 1.60. The van der Waals surface area contributed by atoms with Crippen LogP contribution in [0.3, 0.4) is 0 Å². The zero-order valence-corrected chi connectivity index (χ0v) is 22.5. The molecule has 4 rings (SSSR count). The summed E-state index contributed by atoms with van der Waals surface area (Å²) in [6.07, 6.45) is 4.01. The van der Waals surface area contributed by atoms with Gasteiger partial charge in [0, 0.05) is 57.8 Å². The van der Waals surface area contributed by atoms with Gasteiger partial charge < -0.3 is 19.3 Å². The van der Waals surface area contributed by atoms with E-state index in [4.69, 9.17) is 9.97 Å². The van der Waals surface area contributed by atoms with Crippen molar-refractivity contribution in [1.29, 1.82) is 0 Å². The van der Waals surface area contributed by atoms with Crippen molar-refractivity contribution in [3.63, 3.8) is 0 Å². The minimum atomic E-state index is 0.0955. The van der Waals surface area contributed by atoms with Crippen molar-refractivity contribution in [3.8, 4) is 0 Å². The number of ketones is 1. The van der Waals surface area contributed by atoms with Gasteiger partial charge in [-0.25, -0.2) is 9.97 Å². The van der Waals surface area contributed by atoms with Crippen molar-refractivity contribution < 1.29 is 4.79 Å². The van der Waals surface area contributed by atoms with Gasteiger partial charge >= 0.3 is 0 Å². The molecule has 0 saturated carbocycles. The molecule has 194 valence electrons. The molecule has 2 aromatic heterocycles. The van der Waals surface area contributed by atoms with E-state index >= 15 is 0 Å². The van der Waals surface area contributed by atoms with E-state index in [-0.39, 0.29) is 5.78 Å². The number of aryl methyl sites for hydroxylation is 1. The molecule has 3 heterocycles. The number of hydrogen-bond acceptors (Lipinski definition) is 6. The molecule has 0 spiro atoms. The van der Waals surface area contributed by atoms with Crippen LogP contribution in [0, 0.1) is 0 Å². The molecule has 0 unspecified atom stereocenters. The first-order chi connectivity index (χ1) is 17.5. The lowest BCUT2D eigenvalue weighted by atomic mass is 10.1. The number of likely N-dealkylation sites (N-methyl/N-ethyl adjacent to an activating group) is 1. The number of imidazole rings is 1. The molecule has 0 bridgehead atoms. The fraction of sp³-hybridized carbons (Fsp3) is 0.552. The van der Waals surface area contributed by atoms with Crippen molar-refractivity contribution in [3.05, 3.63) is 53.3 Å². The number of pyridine rings is 1. The number of rotatable bonds is 12. The molecule has 1 fully saturated rings.